The van der Waals surface area contributed by atoms with Crippen LogP contribution in [0.15, 0.2) is 35.5 Å². The van der Waals surface area contributed by atoms with E-state index in [1.165, 1.54) is 4.88 Å². The van der Waals surface area contributed by atoms with E-state index >= 15 is 0 Å². The van der Waals surface area contributed by atoms with E-state index < -0.39 is 10.0 Å². The summed E-state index contributed by atoms with van der Waals surface area (Å²) in [5.41, 5.74) is 1.81. The lowest BCUT2D eigenvalue weighted by atomic mass is 10.1. The highest BCUT2D eigenvalue weighted by atomic mass is 32.2. The summed E-state index contributed by atoms with van der Waals surface area (Å²) in [6.07, 6.45) is 2.74. The van der Waals surface area contributed by atoms with Crippen LogP contribution in [0, 0.1) is 6.92 Å². The van der Waals surface area contributed by atoms with Crippen LogP contribution >= 0.6 is 11.3 Å². The van der Waals surface area contributed by atoms with Crippen molar-refractivity contribution in [2.24, 2.45) is 4.99 Å². The molecule has 0 aliphatic carbocycles. The van der Waals surface area contributed by atoms with Crippen LogP contribution in [0.2, 0.25) is 0 Å². The van der Waals surface area contributed by atoms with Gasteiger partial charge in [-0.25, -0.2) is 18.1 Å². The van der Waals surface area contributed by atoms with Crippen LogP contribution in [-0.4, -0.2) is 39.0 Å². The number of guanidine groups is 1. The Morgan fingerprint density at radius 2 is 1.86 bits per heavy atom. The van der Waals surface area contributed by atoms with Crippen molar-refractivity contribution in [3.05, 3.63) is 51.5 Å². The van der Waals surface area contributed by atoms with Crippen molar-refractivity contribution in [2.45, 2.75) is 45.5 Å². The zero-order chi connectivity index (χ0) is 20.6. The molecular weight excluding hydrogens is 394 g/mol. The molecule has 7 nitrogen and oxygen atoms in total. The molecule has 0 saturated carbocycles. The van der Waals surface area contributed by atoms with Gasteiger partial charge in [-0.3, -0.25) is 4.99 Å². The molecule has 0 atom stereocenters. The summed E-state index contributed by atoms with van der Waals surface area (Å²) in [6.45, 7) is 7.03. The Kier molecular flexibility index (Phi) is 8.40. The highest BCUT2D eigenvalue weighted by Crippen LogP contribution is 2.11. The number of aromatic nitrogens is 1. The molecule has 0 saturated heterocycles. The lowest BCUT2D eigenvalue weighted by Gasteiger charge is -2.12. The number of benzene rings is 1. The Hall–Kier alpha value is -1.97. The van der Waals surface area contributed by atoms with Crippen molar-refractivity contribution in [3.8, 4) is 0 Å². The van der Waals surface area contributed by atoms with E-state index in [4.69, 9.17) is 0 Å². The van der Waals surface area contributed by atoms with Gasteiger partial charge in [0.05, 0.1) is 10.8 Å². The molecule has 0 spiro atoms. The topological polar surface area (TPSA) is 95.5 Å². The van der Waals surface area contributed by atoms with Crippen LogP contribution < -0.4 is 15.4 Å². The third-order valence-corrected chi connectivity index (χ3v) is 6.30. The first-order chi connectivity index (χ1) is 13.3. The third kappa shape index (κ3) is 7.95. The van der Waals surface area contributed by atoms with Crippen LogP contribution in [0.3, 0.4) is 0 Å². The fourth-order valence-electron chi connectivity index (χ4n) is 2.58. The molecule has 9 heteroatoms. The second kappa shape index (κ2) is 10.5. The maximum absolute atomic E-state index is 12.0. The monoisotopic (exact) mass is 423 g/mol. The predicted molar refractivity (Wildman–Crippen MR) is 116 cm³/mol. The Morgan fingerprint density at radius 3 is 2.43 bits per heavy atom. The zero-order valence-corrected chi connectivity index (χ0v) is 18.5. The van der Waals surface area contributed by atoms with Gasteiger partial charge in [-0.15, -0.1) is 11.3 Å². The SMILES string of the molecule is CN=C(NCCc1ncc(C)s1)NCc1ccc(CS(=O)(=O)NC(C)C)cc1. The van der Waals surface area contributed by atoms with Crippen LogP contribution in [0.1, 0.15) is 34.9 Å². The molecule has 2 rings (SSSR count). The summed E-state index contributed by atoms with van der Waals surface area (Å²) >= 11 is 1.71. The van der Waals surface area contributed by atoms with Crippen molar-refractivity contribution in [3.63, 3.8) is 0 Å². The Balaban J connectivity index is 1.79. The van der Waals surface area contributed by atoms with Crippen molar-refractivity contribution in [2.75, 3.05) is 13.6 Å². The average molecular weight is 424 g/mol. The molecule has 0 unspecified atom stereocenters. The molecule has 1 aromatic carbocycles. The zero-order valence-electron chi connectivity index (χ0n) is 16.8. The molecule has 28 heavy (non-hydrogen) atoms. The first kappa shape index (κ1) is 22.3. The highest BCUT2D eigenvalue weighted by molar-refractivity contribution is 7.88. The predicted octanol–water partition coefficient (Wildman–Crippen LogP) is 2.19. The Labute approximate surface area is 171 Å². The van der Waals surface area contributed by atoms with Gasteiger partial charge < -0.3 is 10.6 Å². The van der Waals surface area contributed by atoms with Gasteiger partial charge in [0.2, 0.25) is 10.0 Å². The molecule has 0 radical (unpaired) electrons. The van der Waals surface area contributed by atoms with Gasteiger partial charge in [-0.05, 0) is 31.9 Å². The third-order valence-electron chi connectivity index (χ3n) is 3.78. The minimum absolute atomic E-state index is 0.0155. The van der Waals surface area contributed by atoms with Crippen LogP contribution in [0.4, 0.5) is 0 Å². The molecular formula is C19H29N5O2S2. The van der Waals surface area contributed by atoms with E-state index in [1.807, 2.05) is 44.3 Å². The van der Waals surface area contributed by atoms with Gasteiger partial charge in [0.25, 0.3) is 0 Å². The maximum atomic E-state index is 12.0. The summed E-state index contributed by atoms with van der Waals surface area (Å²) in [4.78, 5) is 9.79. The van der Waals surface area contributed by atoms with Gasteiger partial charge in [0, 0.05) is 43.7 Å². The van der Waals surface area contributed by atoms with E-state index in [9.17, 15) is 8.42 Å². The average Bonchev–Trinajstić information content (AvgIpc) is 3.03. The van der Waals surface area contributed by atoms with E-state index in [-0.39, 0.29) is 11.8 Å². The molecule has 3 N–H and O–H groups in total. The summed E-state index contributed by atoms with van der Waals surface area (Å²) in [7, 11) is -1.57. The van der Waals surface area contributed by atoms with Crippen molar-refractivity contribution < 1.29 is 8.42 Å². The number of sulfonamides is 1. The second-order valence-electron chi connectivity index (χ2n) is 6.82. The number of aryl methyl sites for hydroxylation is 1. The van der Waals surface area contributed by atoms with Gasteiger partial charge in [0.15, 0.2) is 5.96 Å². The number of nitrogens with one attached hydrogen (secondary N) is 3. The smallest absolute Gasteiger partial charge is 0.216 e. The van der Waals surface area contributed by atoms with E-state index in [1.54, 1.807) is 18.4 Å². The number of aliphatic imine (C=N–C) groups is 1. The van der Waals surface area contributed by atoms with E-state index in [2.05, 4.69) is 32.3 Å². The summed E-state index contributed by atoms with van der Waals surface area (Å²) in [5, 5.41) is 7.65. The second-order valence-corrected chi connectivity index (χ2v) is 9.89. The quantitative estimate of drug-likeness (QED) is 0.424. The van der Waals surface area contributed by atoms with Crippen LogP contribution in [0.25, 0.3) is 0 Å². The van der Waals surface area contributed by atoms with Gasteiger partial charge in [-0.2, -0.15) is 0 Å². The van der Waals surface area contributed by atoms with Crippen molar-refractivity contribution in [1.82, 2.24) is 20.3 Å². The molecule has 154 valence electrons. The normalized spacial score (nSPS) is 12.4. The first-order valence-corrected chi connectivity index (χ1v) is 11.7. The molecule has 1 heterocycles. The summed E-state index contributed by atoms with van der Waals surface area (Å²) < 4.78 is 26.6. The fourth-order valence-corrected chi connectivity index (χ4v) is 4.80. The molecule has 1 aromatic heterocycles. The van der Waals surface area contributed by atoms with Gasteiger partial charge in [-0.1, -0.05) is 24.3 Å². The van der Waals surface area contributed by atoms with Gasteiger partial charge in [0.1, 0.15) is 0 Å². The minimum Gasteiger partial charge on any atom is -0.356 e. The summed E-state index contributed by atoms with van der Waals surface area (Å²) in [5.74, 6) is 0.708. The largest absolute Gasteiger partial charge is 0.356 e. The number of rotatable bonds is 9. The Morgan fingerprint density at radius 1 is 1.18 bits per heavy atom. The summed E-state index contributed by atoms with van der Waals surface area (Å²) in [6, 6.07) is 7.44. The number of hydrogen-bond donors (Lipinski definition) is 3. The number of thiazole rings is 1. The molecule has 0 fully saturated rings. The molecule has 0 aliphatic heterocycles. The highest BCUT2D eigenvalue weighted by Gasteiger charge is 2.12. The molecule has 0 amide bonds. The fraction of sp³-hybridized carbons (Fsp3) is 0.474. The lowest BCUT2D eigenvalue weighted by Crippen LogP contribution is -2.37. The lowest BCUT2D eigenvalue weighted by molar-refractivity contribution is 0.569. The first-order valence-electron chi connectivity index (χ1n) is 9.21. The number of nitrogens with zero attached hydrogens (tertiary/aromatic N) is 2. The van der Waals surface area contributed by atoms with E-state index in [0.29, 0.717) is 6.54 Å². The number of hydrogen-bond acceptors (Lipinski definition) is 5. The van der Waals surface area contributed by atoms with Crippen LogP contribution in [0.5, 0.6) is 0 Å². The Bertz CT molecular complexity index is 874. The van der Waals surface area contributed by atoms with Crippen LogP contribution in [-0.2, 0) is 28.7 Å². The minimum atomic E-state index is -3.31. The van der Waals surface area contributed by atoms with Crippen molar-refractivity contribution >= 4 is 27.3 Å². The van der Waals surface area contributed by atoms with Crippen molar-refractivity contribution in [1.29, 1.82) is 0 Å². The molecule has 2 aromatic rings. The molecule has 0 bridgehead atoms. The standard InChI is InChI=1S/C19H29N5O2S2/c1-14(2)24-28(25,26)13-17-7-5-16(6-8-17)12-23-19(20-4)21-10-9-18-22-11-15(3)27-18/h5-8,11,14,24H,9-10,12-13H2,1-4H3,(H2,20,21,23). The molecule has 0 aliphatic rings. The van der Waals surface area contributed by atoms with E-state index in [0.717, 1.165) is 35.1 Å². The van der Waals surface area contributed by atoms with Gasteiger partial charge >= 0.3 is 0 Å². The maximum Gasteiger partial charge on any atom is 0.216 e.